The summed E-state index contributed by atoms with van der Waals surface area (Å²) in [6.07, 6.45) is 1.59. The minimum atomic E-state index is -0.337. The van der Waals surface area contributed by atoms with Gasteiger partial charge in [-0.1, -0.05) is 0 Å². The van der Waals surface area contributed by atoms with Gasteiger partial charge in [0.1, 0.15) is 0 Å². The number of hydrogen-bond acceptors (Lipinski definition) is 4. The van der Waals surface area contributed by atoms with Crippen LogP contribution in [0.15, 0.2) is 6.20 Å². The Morgan fingerprint density at radius 3 is 2.71 bits per heavy atom. The molecule has 17 heavy (non-hydrogen) atoms. The van der Waals surface area contributed by atoms with Gasteiger partial charge in [0.25, 0.3) is 5.91 Å². The van der Waals surface area contributed by atoms with Crippen LogP contribution in [0.25, 0.3) is 0 Å². The van der Waals surface area contributed by atoms with Crippen molar-refractivity contribution < 1.29 is 4.79 Å². The highest BCUT2D eigenvalue weighted by Gasteiger charge is 2.17. The molecule has 2 aromatic rings. The number of carbonyl (C=O) groups is 1. The molecule has 0 aromatic carbocycles. The number of carbonyl (C=O) groups excluding carboxylic acids is 1. The van der Waals surface area contributed by atoms with Crippen LogP contribution in [0.5, 0.6) is 0 Å². The number of nitrogens with two attached hydrogens (primary N) is 1. The third-order valence-electron chi connectivity index (χ3n) is 2.44. The third kappa shape index (κ3) is 1.99. The highest BCUT2D eigenvalue weighted by Crippen LogP contribution is 2.18. The SMILES string of the molecule is Cc1n[nH]c(C)c1NC(=O)c1nn(C)cc1N. The van der Waals surface area contributed by atoms with Gasteiger partial charge in [-0.25, -0.2) is 0 Å². The van der Waals surface area contributed by atoms with E-state index in [9.17, 15) is 4.79 Å². The van der Waals surface area contributed by atoms with E-state index in [0.717, 1.165) is 11.4 Å². The summed E-state index contributed by atoms with van der Waals surface area (Å²) in [6.45, 7) is 3.64. The molecule has 0 aliphatic heterocycles. The van der Waals surface area contributed by atoms with Crippen LogP contribution in [0.2, 0.25) is 0 Å². The van der Waals surface area contributed by atoms with Gasteiger partial charge in [0.2, 0.25) is 0 Å². The van der Waals surface area contributed by atoms with Crippen molar-refractivity contribution in [2.75, 3.05) is 11.1 Å². The summed E-state index contributed by atoms with van der Waals surface area (Å²) in [5.74, 6) is -0.337. The maximum Gasteiger partial charge on any atom is 0.278 e. The predicted molar refractivity (Wildman–Crippen MR) is 63.6 cm³/mol. The molecule has 0 radical (unpaired) electrons. The van der Waals surface area contributed by atoms with Crippen LogP contribution in [-0.2, 0) is 7.05 Å². The number of nitrogen functional groups attached to an aromatic ring is 1. The van der Waals surface area contributed by atoms with Gasteiger partial charge in [-0.15, -0.1) is 0 Å². The van der Waals surface area contributed by atoms with Crippen LogP contribution >= 0.6 is 0 Å². The molecule has 0 atom stereocenters. The van der Waals surface area contributed by atoms with Crippen molar-refractivity contribution in [3.63, 3.8) is 0 Å². The first-order chi connectivity index (χ1) is 7.99. The minimum Gasteiger partial charge on any atom is -0.396 e. The number of nitrogens with zero attached hydrogens (tertiary/aromatic N) is 3. The molecule has 2 rings (SSSR count). The molecule has 0 fully saturated rings. The Bertz CT molecular complexity index is 548. The number of aromatic amines is 1. The largest absolute Gasteiger partial charge is 0.396 e. The van der Waals surface area contributed by atoms with E-state index in [2.05, 4.69) is 20.6 Å². The van der Waals surface area contributed by atoms with Crippen molar-refractivity contribution in [3.8, 4) is 0 Å². The van der Waals surface area contributed by atoms with Crippen LogP contribution in [0.3, 0.4) is 0 Å². The van der Waals surface area contributed by atoms with Crippen LogP contribution in [0.4, 0.5) is 11.4 Å². The van der Waals surface area contributed by atoms with Gasteiger partial charge in [0.15, 0.2) is 5.69 Å². The third-order valence-corrected chi connectivity index (χ3v) is 2.44. The van der Waals surface area contributed by atoms with Crippen LogP contribution in [0.1, 0.15) is 21.9 Å². The first-order valence-electron chi connectivity index (χ1n) is 5.11. The zero-order chi connectivity index (χ0) is 12.6. The first kappa shape index (κ1) is 11.2. The fourth-order valence-electron chi connectivity index (χ4n) is 1.59. The second-order valence-corrected chi connectivity index (χ2v) is 3.87. The van der Waals surface area contributed by atoms with E-state index in [4.69, 9.17) is 5.73 Å². The number of aromatic nitrogens is 4. The normalized spacial score (nSPS) is 10.5. The standard InChI is InChI=1S/C10H14N6O/c1-5-8(6(2)14-13-5)12-10(17)9-7(11)4-16(3)15-9/h4H,11H2,1-3H3,(H,12,17)(H,13,14). The number of aryl methyl sites for hydroxylation is 3. The topological polar surface area (TPSA) is 102 Å². The smallest absolute Gasteiger partial charge is 0.278 e. The van der Waals surface area contributed by atoms with Crippen LogP contribution in [-0.4, -0.2) is 25.9 Å². The van der Waals surface area contributed by atoms with E-state index >= 15 is 0 Å². The molecular weight excluding hydrogens is 220 g/mol. The molecule has 2 aromatic heterocycles. The zero-order valence-electron chi connectivity index (χ0n) is 9.90. The lowest BCUT2D eigenvalue weighted by Crippen LogP contribution is -2.15. The zero-order valence-corrected chi connectivity index (χ0v) is 9.90. The molecule has 7 heteroatoms. The second kappa shape index (κ2) is 3.93. The summed E-state index contributed by atoms with van der Waals surface area (Å²) in [5, 5.41) is 13.5. The highest BCUT2D eigenvalue weighted by atomic mass is 16.2. The van der Waals surface area contributed by atoms with E-state index in [1.54, 1.807) is 20.2 Å². The Labute approximate surface area is 98.0 Å². The molecule has 0 saturated heterocycles. The Hall–Kier alpha value is -2.31. The van der Waals surface area contributed by atoms with Gasteiger partial charge in [-0.3, -0.25) is 14.6 Å². The maximum atomic E-state index is 11.9. The predicted octanol–water partition coefficient (Wildman–Crippen LogP) is 0.595. The Morgan fingerprint density at radius 2 is 2.24 bits per heavy atom. The number of amides is 1. The molecule has 90 valence electrons. The molecule has 0 saturated carbocycles. The Kier molecular flexibility index (Phi) is 2.58. The fourth-order valence-corrected chi connectivity index (χ4v) is 1.59. The molecule has 2 heterocycles. The number of rotatable bonds is 2. The summed E-state index contributed by atoms with van der Waals surface area (Å²) >= 11 is 0. The average molecular weight is 234 g/mol. The molecular formula is C10H14N6O. The molecule has 0 aliphatic carbocycles. The highest BCUT2D eigenvalue weighted by molar-refractivity contribution is 6.06. The lowest BCUT2D eigenvalue weighted by molar-refractivity contribution is 0.102. The van der Waals surface area contributed by atoms with Crippen molar-refractivity contribution in [1.82, 2.24) is 20.0 Å². The molecule has 4 N–H and O–H groups in total. The minimum absolute atomic E-state index is 0.215. The lowest BCUT2D eigenvalue weighted by atomic mass is 10.3. The fraction of sp³-hybridized carbons (Fsp3) is 0.300. The summed E-state index contributed by atoms with van der Waals surface area (Å²) in [6, 6.07) is 0. The van der Waals surface area contributed by atoms with E-state index in [1.165, 1.54) is 4.68 Å². The number of hydrogen-bond donors (Lipinski definition) is 3. The van der Waals surface area contributed by atoms with Crippen molar-refractivity contribution >= 4 is 17.3 Å². The average Bonchev–Trinajstić information content (AvgIpc) is 2.74. The second-order valence-electron chi connectivity index (χ2n) is 3.87. The van der Waals surface area contributed by atoms with Crippen molar-refractivity contribution in [1.29, 1.82) is 0 Å². The van der Waals surface area contributed by atoms with Crippen molar-refractivity contribution in [2.45, 2.75) is 13.8 Å². The molecule has 0 bridgehead atoms. The van der Waals surface area contributed by atoms with Crippen molar-refractivity contribution in [2.24, 2.45) is 7.05 Å². The van der Waals surface area contributed by atoms with Gasteiger partial charge in [0, 0.05) is 13.2 Å². The van der Waals surface area contributed by atoms with Crippen LogP contribution in [0, 0.1) is 13.8 Å². The lowest BCUT2D eigenvalue weighted by Gasteiger charge is -2.03. The van der Waals surface area contributed by atoms with Gasteiger partial charge in [-0.2, -0.15) is 10.2 Å². The van der Waals surface area contributed by atoms with Gasteiger partial charge >= 0.3 is 0 Å². The molecule has 0 unspecified atom stereocenters. The number of anilines is 2. The van der Waals surface area contributed by atoms with Gasteiger partial charge < -0.3 is 11.1 Å². The van der Waals surface area contributed by atoms with Gasteiger partial charge in [-0.05, 0) is 13.8 Å². The molecule has 0 spiro atoms. The maximum absolute atomic E-state index is 11.9. The molecule has 0 aliphatic rings. The quantitative estimate of drug-likeness (QED) is 0.707. The number of H-pyrrole nitrogens is 1. The van der Waals surface area contributed by atoms with E-state index in [1.807, 2.05) is 6.92 Å². The number of nitrogens with one attached hydrogen (secondary N) is 2. The Morgan fingerprint density at radius 1 is 1.53 bits per heavy atom. The molecule has 7 nitrogen and oxygen atoms in total. The van der Waals surface area contributed by atoms with E-state index in [-0.39, 0.29) is 11.6 Å². The van der Waals surface area contributed by atoms with E-state index in [0.29, 0.717) is 11.4 Å². The molecule has 1 amide bonds. The van der Waals surface area contributed by atoms with Gasteiger partial charge in [0.05, 0.1) is 22.8 Å². The Balaban J connectivity index is 2.26. The van der Waals surface area contributed by atoms with Crippen LogP contribution < -0.4 is 11.1 Å². The van der Waals surface area contributed by atoms with E-state index < -0.39 is 0 Å². The summed E-state index contributed by atoms with van der Waals surface area (Å²) in [4.78, 5) is 11.9. The summed E-state index contributed by atoms with van der Waals surface area (Å²) < 4.78 is 1.50. The summed E-state index contributed by atoms with van der Waals surface area (Å²) in [5.41, 5.74) is 8.44. The first-order valence-corrected chi connectivity index (χ1v) is 5.11. The monoisotopic (exact) mass is 234 g/mol. The van der Waals surface area contributed by atoms with Crippen molar-refractivity contribution in [3.05, 3.63) is 23.3 Å². The summed E-state index contributed by atoms with van der Waals surface area (Å²) in [7, 11) is 1.71.